The molecule has 0 saturated carbocycles. The second kappa shape index (κ2) is 4.46. The van der Waals surface area contributed by atoms with Crippen LogP contribution >= 0.6 is 12.6 Å². The monoisotopic (exact) mass is 212 g/mol. The number of ketones is 1. The number of hydrogen-bond donors (Lipinski definition) is 1. The number of rotatable bonds is 4. The molecule has 3 nitrogen and oxygen atoms in total. The Morgan fingerprint density at radius 3 is 2.43 bits per heavy atom. The molecule has 0 N–H and O–H groups in total. The first-order valence-electron chi connectivity index (χ1n) is 4.34. The average molecular weight is 212 g/mol. The van der Waals surface area contributed by atoms with Crippen LogP contribution in [-0.4, -0.2) is 10.9 Å². The van der Waals surface area contributed by atoms with Gasteiger partial charge in [0.15, 0.2) is 10.9 Å². The topological polar surface area (TPSA) is 47.3 Å². The maximum Gasteiger partial charge on any atom is 0.209 e. The summed E-state index contributed by atoms with van der Waals surface area (Å²) in [6, 6.07) is 3.17. The average Bonchev–Trinajstić information content (AvgIpc) is 2.53. The van der Waals surface area contributed by atoms with E-state index in [9.17, 15) is 9.59 Å². The van der Waals surface area contributed by atoms with E-state index in [1.807, 2.05) is 0 Å². The Morgan fingerprint density at radius 2 is 2.07 bits per heavy atom. The highest BCUT2D eigenvalue weighted by molar-refractivity contribution is 7.96. The SMILES string of the molecule is CC(C)C(C(=O)S)C(=O)c1ccco1. The minimum absolute atomic E-state index is 0.0717. The number of carbonyl (C=O) groups excluding carboxylic acids is 2. The van der Waals surface area contributed by atoms with Crippen molar-refractivity contribution in [2.75, 3.05) is 0 Å². The van der Waals surface area contributed by atoms with Crippen molar-refractivity contribution in [3.8, 4) is 0 Å². The fraction of sp³-hybridized carbons (Fsp3) is 0.400. The molecule has 1 aromatic heterocycles. The molecule has 14 heavy (non-hydrogen) atoms. The van der Waals surface area contributed by atoms with Gasteiger partial charge in [-0.3, -0.25) is 9.59 Å². The number of hydrogen-bond acceptors (Lipinski definition) is 3. The number of furan rings is 1. The first kappa shape index (κ1) is 11.0. The van der Waals surface area contributed by atoms with Crippen LogP contribution in [0.4, 0.5) is 0 Å². The lowest BCUT2D eigenvalue weighted by molar-refractivity contribution is -0.113. The van der Waals surface area contributed by atoms with Gasteiger partial charge in [-0.2, -0.15) is 0 Å². The Bertz CT molecular complexity index is 327. The molecule has 1 rings (SSSR count). The number of thiol groups is 1. The normalized spacial score (nSPS) is 12.9. The van der Waals surface area contributed by atoms with Gasteiger partial charge in [-0.05, 0) is 18.1 Å². The minimum atomic E-state index is -0.718. The predicted octanol–water partition coefficient (Wildman–Crippen LogP) is 2.19. The van der Waals surface area contributed by atoms with Crippen molar-refractivity contribution in [3.63, 3.8) is 0 Å². The molecule has 0 aromatic carbocycles. The number of carbonyl (C=O) groups is 2. The number of Topliss-reactive ketones (excluding diaryl/α,β-unsaturated/α-hetero) is 1. The molecular formula is C10H12O3S. The third kappa shape index (κ3) is 2.26. The van der Waals surface area contributed by atoms with Crippen molar-refractivity contribution in [2.45, 2.75) is 13.8 Å². The third-order valence-corrected chi connectivity index (χ3v) is 2.26. The van der Waals surface area contributed by atoms with Gasteiger partial charge in [0, 0.05) is 0 Å². The first-order chi connectivity index (χ1) is 6.54. The summed E-state index contributed by atoms with van der Waals surface area (Å²) in [5.74, 6) is -0.877. The fourth-order valence-electron chi connectivity index (χ4n) is 1.27. The van der Waals surface area contributed by atoms with Crippen LogP contribution < -0.4 is 0 Å². The fourth-order valence-corrected chi connectivity index (χ4v) is 1.69. The summed E-state index contributed by atoms with van der Waals surface area (Å²) in [7, 11) is 0. The largest absolute Gasteiger partial charge is 0.461 e. The Balaban J connectivity index is 2.91. The van der Waals surface area contributed by atoms with Crippen molar-refractivity contribution in [2.24, 2.45) is 11.8 Å². The molecule has 1 aromatic rings. The van der Waals surface area contributed by atoms with E-state index in [-0.39, 0.29) is 17.5 Å². The summed E-state index contributed by atoms with van der Waals surface area (Å²) in [5.41, 5.74) is 0. The van der Waals surface area contributed by atoms with Gasteiger partial charge in [-0.1, -0.05) is 13.8 Å². The molecule has 1 atom stereocenters. The van der Waals surface area contributed by atoms with Gasteiger partial charge in [0.2, 0.25) is 5.78 Å². The molecule has 0 saturated heterocycles. The molecule has 0 fully saturated rings. The molecule has 0 spiro atoms. The molecule has 0 amide bonds. The lowest BCUT2D eigenvalue weighted by Crippen LogP contribution is -2.25. The van der Waals surface area contributed by atoms with E-state index in [1.54, 1.807) is 26.0 Å². The van der Waals surface area contributed by atoms with Gasteiger partial charge < -0.3 is 4.42 Å². The van der Waals surface area contributed by atoms with Crippen LogP contribution in [0, 0.1) is 11.8 Å². The summed E-state index contributed by atoms with van der Waals surface area (Å²) < 4.78 is 4.94. The first-order valence-corrected chi connectivity index (χ1v) is 4.79. The van der Waals surface area contributed by atoms with Crippen LogP contribution in [0.3, 0.4) is 0 Å². The smallest absolute Gasteiger partial charge is 0.209 e. The van der Waals surface area contributed by atoms with Crippen LogP contribution in [0.2, 0.25) is 0 Å². The summed E-state index contributed by atoms with van der Waals surface area (Å²) >= 11 is 3.70. The van der Waals surface area contributed by atoms with E-state index in [4.69, 9.17) is 4.42 Å². The van der Waals surface area contributed by atoms with Gasteiger partial charge in [0.05, 0.1) is 12.2 Å². The summed E-state index contributed by atoms with van der Waals surface area (Å²) in [4.78, 5) is 22.8. The highest BCUT2D eigenvalue weighted by atomic mass is 32.1. The van der Waals surface area contributed by atoms with E-state index in [0.717, 1.165) is 0 Å². The van der Waals surface area contributed by atoms with Crippen LogP contribution in [-0.2, 0) is 4.79 Å². The Kier molecular flexibility index (Phi) is 3.52. The summed E-state index contributed by atoms with van der Waals surface area (Å²) in [6.45, 7) is 3.61. The van der Waals surface area contributed by atoms with Gasteiger partial charge in [-0.15, -0.1) is 12.6 Å². The van der Waals surface area contributed by atoms with E-state index < -0.39 is 11.0 Å². The molecular weight excluding hydrogens is 200 g/mol. The Hall–Kier alpha value is -1.03. The molecule has 0 aliphatic heterocycles. The van der Waals surface area contributed by atoms with Gasteiger partial charge in [0.25, 0.3) is 0 Å². The van der Waals surface area contributed by atoms with Crippen molar-refractivity contribution < 1.29 is 14.0 Å². The highest BCUT2D eigenvalue weighted by Crippen LogP contribution is 2.20. The molecule has 0 radical (unpaired) electrons. The minimum Gasteiger partial charge on any atom is -0.461 e. The molecule has 4 heteroatoms. The zero-order valence-electron chi connectivity index (χ0n) is 8.06. The molecule has 0 bridgehead atoms. The third-order valence-electron chi connectivity index (χ3n) is 1.98. The van der Waals surface area contributed by atoms with Crippen LogP contribution in [0.25, 0.3) is 0 Å². The van der Waals surface area contributed by atoms with Crippen molar-refractivity contribution >= 4 is 23.5 Å². The van der Waals surface area contributed by atoms with Crippen LogP contribution in [0.15, 0.2) is 22.8 Å². The maximum atomic E-state index is 11.7. The lowest BCUT2D eigenvalue weighted by Gasteiger charge is -2.13. The second-order valence-corrected chi connectivity index (χ2v) is 3.84. The maximum absolute atomic E-state index is 11.7. The summed E-state index contributed by atoms with van der Waals surface area (Å²) in [6.07, 6.45) is 1.41. The molecule has 0 aliphatic carbocycles. The lowest BCUT2D eigenvalue weighted by atomic mass is 9.91. The standard InChI is InChI=1S/C10H12O3S/c1-6(2)8(10(12)14)9(11)7-4-3-5-13-7/h3-6,8H,1-2H3,(H,12,14). The molecule has 0 aliphatic rings. The highest BCUT2D eigenvalue weighted by Gasteiger charge is 2.29. The van der Waals surface area contributed by atoms with Crippen molar-refractivity contribution in [3.05, 3.63) is 24.2 Å². The molecule has 1 heterocycles. The van der Waals surface area contributed by atoms with Gasteiger partial charge in [0.1, 0.15) is 0 Å². The Morgan fingerprint density at radius 1 is 1.43 bits per heavy atom. The van der Waals surface area contributed by atoms with Crippen LogP contribution in [0.1, 0.15) is 24.4 Å². The zero-order valence-corrected chi connectivity index (χ0v) is 8.95. The van der Waals surface area contributed by atoms with E-state index in [2.05, 4.69) is 12.6 Å². The Labute approximate surface area is 87.9 Å². The summed E-state index contributed by atoms with van der Waals surface area (Å²) in [5, 5.41) is -0.415. The van der Waals surface area contributed by atoms with Crippen molar-refractivity contribution in [1.82, 2.24) is 0 Å². The van der Waals surface area contributed by atoms with E-state index in [0.29, 0.717) is 0 Å². The van der Waals surface area contributed by atoms with E-state index >= 15 is 0 Å². The van der Waals surface area contributed by atoms with Gasteiger partial charge in [-0.25, -0.2) is 0 Å². The van der Waals surface area contributed by atoms with Gasteiger partial charge >= 0.3 is 0 Å². The predicted molar refractivity (Wildman–Crippen MR) is 55.4 cm³/mol. The van der Waals surface area contributed by atoms with Crippen molar-refractivity contribution in [1.29, 1.82) is 0 Å². The molecule has 76 valence electrons. The van der Waals surface area contributed by atoms with E-state index in [1.165, 1.54) is 6.26 Å². The zero-order chi connectivity index (χ0) is 10.7. The molecule has 1 unspecified atom stereocenters. The van der Waals surface area contributed by atoms with Crippen LogP contribution in [0.5, 0.6) is 0 Å². The quantitative estimate of drug-likeness (QED) is 0.473. The second-order valence-electron chi connectivity index (χ2n) is 3.40.